The van der Waals surface area contributed by atoms with Crippen LogP contribution < -0.4 is 5.32 Å². The highest BCUT2D eigenvalue weighted by Gasteiger charge is 2.33. The van der Waals surface area contributed by atoms with Gasteiger partial charge in [-0.3, -0.25) is 4.79 Å². The van der Waals surface area contributed by atoms with Crippen molar-refractivity contribution < 1.29 is 18.0 Å². The van der Waals surface area contributed by atoms with Gasteiger partial charge >= 0.3 is 6.18 Å². The zero-order valence-electron chi connectivity index (χ0n) is 10.0. The summed E-state index contributed by atoms with van der Waals surface area (Å²) in [6.07, 6.45) is -3.90. The molecule has 1 N–H and O–H groups in total. The van der Waals surface area contributed by atoms with Crippen LogP contribution in [0.1, 0.15) is 29.3 Å². The molecule has 0 aliphatic heterocycles. The minimum Gasteiger partial charge on any atom is -0.348 e. The van der Waals surface area contributed by atoms with Crippen molar-refractivity contribution in [1.82, 2.24) is 5.32 Å². The van der Waals surface area contributed by atoms with E-state index >= 15 is 0 Å². The summed E-state index contributed by atoms with van der Waals surface area (Å²) in [7, 11) is 0. The van der Waals surface area contributed by atoms with E-state index in [1.165, 1.54) is 12.1 Å². The predicted octanol–water partition coefficient (Wildman–Crippen LogP) is 4.22. The Labute approximate surface area is 122 Å². The number of alkyl halides is 4. The fourth-order valence-corrected chi connectivity index (χ4v) is 2.17. The maximum Gasteiger partial charge on any atom is 0.417 e. The molecular formula is C12H12BrClF3NO. The number of carbonyl (C=O) groups excluding carboxylic acids is 1. The van der Waals surface area contributed by atoms with Crippen LogP contribution in [0.3, 0.4) is 0 Å². The fraction of sp³-hybridized carbons (Fsp3) is 0.417. The van der Waals surface area contributed by atoms with Gasteiger partial charge in [-0.25, -0.2) is 0 Å². The smallest absolute Gasteiger partial charge is 0.348 e. The van der Waals surface area contributed by atoms with Crippen molar-refractivity contribution in [1.29, 1.82) is 0 Å². The molecule has 7 heteroatoms. The van der Waals surface area contributed by atoms with E-state index in [0.717, 1.165) is 6.07 Å². The minimum absolute atomic E-state index is 0.0425. The van der Waals surface area contributed by atoms with Gasteiger partial charge in [0.25, 0.3) is 5.91 Å². The highest BCUT2D eigenvalue weighted by atomic mass is 79.9. The first-order chi connectivity index (χ1) is 8.79. The van der Waals surface area contributed by atoms with E-state index < -0.39 is 17.6 Å². The number of amides is 1. The first-order valence-corrected chi connectivity index (χ1v) is 6.86. The molecule has 0 spiro atoms. The van der Waals surface area contributed by atoms with Crippen molar-refractivity contribution in [2.45, 2.75) is 25.6 Å². The lowest BCUT2D eigenvalue weighted by atomic mass is 10.1. The first-order valence-electron chi connectivity index (χ1n) is 5.53. The van der Waals surface area contributed by atoms with Crippen LogP contribution in [-0.4, -0.2) is 17.8 Å². The van der Waals surface area contributed by atoms with Gasteiger partial charge in [-0.1, -0.05) is 22.9 Å². The van der Waals surface area contributed by atoms with Gasteiger partial charge in [0.05, 0.1) is 5.56 Å². The van der Waals surface area contributed by atoms with Crippen LogP contribution in [0.4, 0.5) is 13.2 Å². The maximum atomic E-state index is 12.7. The molecular weight excluding hydrogens is 346 g/mol. The number of hydrogen-bond donors (Lipinski definition) is 1. The van der Waals surface area contributed by atoms with Crippen LogP contribution in [0, 0.1) is 0 Å². The summed E-state index contributed by atoms with van der Waals surface area (Å²) in [5.74, 6) is -0.351. The van der Waals surface area contributed by atoms with Crippen molar-refractivity contribution in [2.75, 3.05) is 5.88 Å². The van der Waals surface area contributed by atoms with Gasteiger partial charge in [0, 0.05) is 22.0 Å². The van der Waals surface area contributed by atoms with Crippen LogP contribution in [0.25, 0.3) is 0 Å². The first kappa shape index (κ1) is 16.3. The molecule has 0 bridgehead atoms. The summed E-state index contributed by atoms with van der Waals surface area (Å²) in [5, 5.41) is 2.58. The van der Waals surface area contributed by atoms with Gasteiger partial charge in [0.1, 0.15) is 0 Å². The second kappa shape index (κ2) is 6.61. The average Bonchev–Trinajstić information content (AvgIpc) is 2.34. The van der Waals surface area contributed by atoms with Gasteiger partial charge < -0.3 is 5.32 Å². The molecule has 106 valence electrons. The minimum atomic E-state index is -4.51. The van der Waals surface area contributed by atoms with Gasteiger partial charge in [0.2, 0.25) is 0 Å². The molecule has 0 radical (unpaired) electrons. The Morgan fingerprint density at radius 2 is 2.11 bits per heavy atom. The maximum absolute atomic E-state index is 12.7. The highest BCUT2D eigenvalue weighted by Crippen LogP contribution is 2.35. The fourth-order valence-electron chi connectivity index (χ4n) is 1.40. The summed E-state index contributed by atoms with van der Waals surface area (Å²) in [5.41, 5.74) is -0.918. The molecule has 0 fully saturated rings. The number of hydrogen-bond acceptors (Lipinski definition) is 1. The van der Waals surface area contributed by atoms with E-state index in [9.17, 15) is 18.0 Å². The summed E-state index contributed by atoms with van der Waals surface area (Å²) in [6, 6.07) is 3.10. The van der Waals surface area contributed by atoms with E-state index in [2.05, 4.69) is 21.2 Å². The Bertz CT molecular complexity index is 461. The van der Waals surface area contributed by atoms with E-state index in [1.807, 2.05) is 6.92 Å². The Hall–Kier alpha value is -0.750. The molecule has 0 aliphatic carbocycles. The summed E-state index contributed by atoms with van der Waals surface area (Å²) >= 11 is 8.45. The molecule has 0 heterocycles. The molecule has 1 aromatic rings. The quantitative estimate of drug-likeness (QED) is 0.803. The summed E-state index contributed by atoms with van der Waals surface area (Å²) in [4.78, 5) is 11.8. The number of halogens is 5. The lowest BCUT2D eigenvalue weighted by molar-refractivity contribution is -0.138. The van der Waals surface area contributed by atoms with E-state index in [-0.39, 0.29) is 22.0 Å². The van der Waals surface area contributed by atoms with E-state index in [1.54, 1.807) is 0 Å². The van der Waals surface area contributed by atoms with Crippen molar-refractivity contribution in [2.24, 2.45) is 0 Å². The van der Waals surface area contributed by atoms with Crippen molar-refractivity contribution >= 4 is 33.4 Å². The van der Waals surface area contributed by atoms with Crippen LogP contribution >= 0.6 is 27.5 Å². The molecule has 1 amide bonds. The molecule has 1 atom stereocenters. The van der Waals surface area contributed by atoms with Gasteiger partial charge in [-0.05, 0) is 24.6 Å². The van der Waals surface area contributed by atoms with Crippen LogP contribution in [0.5, 0.6) is 0 Å². The molecule has 0 saturated heterocycles. The SMILES string of the molecule is CCC(CCl)NC(=O)c1ccc(Br)c(C(F)(F)F)c1. The Kier molecular flexibility index (Phi) is 5.67. The second-order valence-electron chi connectivity index (χ2n) is 3.93. The third-order valence-electron chi connectivity index (χ3n) is 2.55. The molecule has 1 aromatic carbocycles. The predicted molar refractivity (Wildman–Crippen MR) is 71.4 cm³/mol. The van der Waals surface area contributed by atoms with Gasteiger partial charge in [-0.2, -0.15) is 13.2 Å². The molecule has 0 aliphatic rings. The normalized spacial score (nSPS) is 13.2. The number of carbonyl (C=O) groups is 1. The van der Waals surface area contributed by atoms with E-state index in [4.69, 9.17) is 11.6 Å². The molecule has 0 aromatic heterocycles. The standard InChI is InChI=1S/C12H12BrClF3NO/c1-2-8(6-14)18-11(19)7-3-4-10(13)9(5-7)12(15,16)17/h3-5,8H,2,6H2,1H3,(H,18,19). The largest absolute Gasteiger partial charge is 0.417 e. The van der Waals surface area contributed by atoms with Crippen LogP contribution in [-0.2, 0) is 6.18 Å². The Morgan fingerprint density at radius 3 is 2.58 bits per heavy atom. The molecule has 2 nitrogen and oxygen atoms in total. The third kappa shape index (κ3) is 4.38. The van der Waals surface area contributed by atoms with Crippen molar-refractivity contribution in [3.63, 3.8) is 0 Å². The molecule has 0 saturated carbocycles. The Morgan fingerprint density at radius 1 is 1.47 bits per heavy atom. The third-order valence-corrected chi connectivity index (χ3v) is 3.61. The monoisotopic (exact) mass is 357 g/mol. The topological polar surface area (TPSA) is 29.1 Å². The zero-order chi connectivity index (χ0) is 14.6. The number of rotatable bonds is 4. The number of nitrogens with one attached hydrogen (secondary N) is 1. The number of benzene rings is 1. The zero-order valence-corrected chi connectivity index (χ0v) is 12.4. The highest BCUT2D eigenvalue weighted by molar-refractivity contribution is 9.10. The molecule has 19 heavy (non-hydrogen) atoms. The van der Waals surface area contributed by atoms with E-state index in [0.29, 0.717) is 6.42 Å². The van der Waals surface area contributed by atoms with Gasteiger partial charge in [-0.15, -0.1) is 11.6 Å². The lowest BCUT2D eigenvalue weighted by Crippen LogP contribution is -2.35. The van der Waals surface area contributed by atoms with Crippen LogP contribution in [0.2, 0.25) is 0 Å². The lowest BCUT2D eigenvalue weighted by Gasteiger charge is -2.15. The average molecular weight is 359 g/mol. The van der Waals surface area contributed by atoms with Crippen molar-refractivity contribution in [3.8, 4) is 0 Å². The van der Waals surface area contributed by atoms with Crippen LogP contribution in [0.15, 0.2) is 22.7 Å². The Balaban J connectivity index is 2.99. The molecule has 1 rings (SSSR count). The van der Waals surface area contributed by atoms with Gasteiger partial charge in [0.15, 0.2) is 0 Å². The molecule has 1 unspecified atom stereocenters. The summed E-state index contributed by atoms with van der Waals surface area (Å²) < 4.78 is 38.0. The van der Waals surface area contributed by atoms with Crippen molar-refractivity contribution in [3.05, 3.63) is 33.8 Å². The second-order valence-corrected chi connectivity index (χ2v) is 5.09. The summed E-state index contributed by atoms with van der Waals surface area (Å²) in [6.45, 7) is 1.83.